The van der Waals surface area contributed by atoms with Gasteiger partial charge in [-0.3, -0.25) is 0 Å². The largest absolute Gasteiger partial charge is 0.383 e. The van der Waals surface area contributed by atoms with Gasteiger partial charge in [0, 0.05) is 11.3 Å². The molecule has 3 N–H and O–H groups in total. The molecule has 0 amide bonds. The molecular formula is C9H12N6. The predicted octanol–water partition coefficient (Wildman–Crippen LogP) is 0.715. The van der Waals surface area contributed by atoms with E-state index in [4.69, 9.17) is 5.73 Å². The summed E-state index contributed by atoms with van der Waals surface area (Å²) in [4.78, 5) is 8.55. The maximum atomic E-state index is 5.79. The third-order valence-electron chi connectivity index (χ3n) is 2.26. The highest BCUT2D eigenvalue weighted by Gasteiger charge is 2.10. The summed E-state index contributed by atoms with van der Waals surface area (Å²) in [7, 11) is 0. The van der Waals surface area contributed by atoms with Crippen molar-refractivity contribution >= 4 is 5.82 Å². The van der Waals surface area contributed by atoms with Crippen LogP contribution in [0, 0.1) is 6.92 Å². The van der Waals surface area contributed by atoms with Crippen molar-refractivity contribution in [2.24, 2.45) is 0 Å². The van der Waals surface area contributed by atoms with Crippen molar-refractivity contribution in [3.8, 4) is 11.5 Å². The molecule has 15 heavy (non-hydrogen) atoms. The Morgan fingerprint density at radius 2 is 2.20 bits per heavy atom. The molecular weight excluding hydrogens is 192 g/mol. The zero-order valence-corrected chi connectivity index (χ0v) is 8.65. The Morgan fingerprint density at radius 3 is 2.80 bits per heavy atom. The van der Waals surface area contributed by atoms with E-state index in [0.29, 0.717) is 17.3 Å². The van der Waals surface area contributed by atoms with Crippen LogP contribution in [-0.4, -0.2) is 25.4 Å². The number of anilines is 1. The quantitative estimate of drug-likeness (QED) is 0.751. The van der Waals surface area contributed by atoms with Gasteiger partial charge in [0.2, 0.25) is 0 Å². The lowest BCUT2D eigenvalue weighted by molar-refractivity contribution is 0.931. The summed E-state index contributed by atoms with van der Waals surface area (Å²) in [6.07, 6.45) is 2.40. The van der Waals surface area contributed by atoms with Gasteiger partial charge in [-0.1, -0.05) is 6.92 Å². The Kier molecular flexibility index (Phi) is 2.32. The summed E-state index contributed by atoms with van der Waals surface area (Å²) in [5, 5.41) is 10.1. The second-order valence-corrected chi connectivity index (χ2v) is 3.21. The van der Waals surface area contributed by atoms with Crippen LogP contribution in [0.2, 0.25) is 0 Å². The first-order valence-electron chi connectivity index (χ1n) is 4.71. The van der Waals surface area contributed by atoms with Crippen LogP contribution in [0.1, 0.15) is 18.2 Å². The molecule has 0 radical (unpaired) electrons. The molecule has 0 aromatic carbocycles. The van der Waals surface area contributed by atoms with Crippen LogP contribution in [0.15, 0.2) is 6.20 Å². The Hall–Kier alpha value is -1.98. The number of nitrogens with zero attached hydrogens (tertiary/aromatic N) is 4. The van der Waals surface area contributed by atoms with Gasteiger partial charge in [-0.2, -0.15) is 15.4 Å². The average Bonchev–Trinajstić information content (AvgIpc) is 2.75. The summed E-state index contributed by atoms with van der Waals surface area (Å²) in [6, 6.07) is 0. The van der Waals surface area contributed by atoms with Gasteiger partial charge in [-0.15, -0.1) is 0 Å². The average molecular weight is 204 g/mol. The molecule has 0 saturated carbocycles. The zero-order chi connectivity index (χ0) is 10.8. The van der Waals surface area contributed by atoms with Crippen molar-refractivity contribution < 1.29 is 0 Å². The summed E-state index contributed by atoms with van der Waals surface area (Å²) < 4.78 is 0. The highest BCUT2D eigenvalue weighted by atomic mass is 15.3. The van der Waals surface area contributed by atoms with E-state index in [0.717, 1.165) is 17.7 Å². The molecule has 0 spiro atoms. The van der Waals surface area contributed by atoms with Gasteiger partial charge in [0.15, 0.2) is 5.82 Å². The number of nitrogen functional groups attached to an aromatic ring is 1. The van der Waals surface area contributed by atoms with Gasteiger partial charge < -0.3 is 5.73 Å². The van der Waals surface area contributed by atoms with Gasteiger partial charge in [-0.25, -0.2) is 9.97 Å². The molecule has 0 bridgehead atoms. The highest BCUT2D eigenvalue weighted by molar-refractivity contribution is 5.53. The second kappa shape index (κ2) is 3.64. The number of hydrogen-bond donors (Lipinski definition) is 2. The summed E-state index contributed by atoms with van der Waals surface area (Å²) in [5.41, 5.74) is 8.28. The molecule has 2 aromatic heterocycles. The van der Waals surface area contributed by atoms with Crippen LogP contribution in [0.4, 0.5) is 5.82 Å². The van der Waals surface area contributed by atoms with E-state index in [-0.39, 0.29) is 0 Å². The maximum Gasteiger partial charge on any atom is 0.184 e. The predicted molar refractivity (Wildman–Crippen MR) is 55.9 cm³/mol. The molecule has 0 aliphatic carbocycles. The molecule has 0 saturated heterocycles. The van der Waals surface area contributed by atoms with E-state index in [1.165, 1.54) is 0 Å². The van der Waals surface area contributed by atoms with Crippen LogP contribution in [0.5, 0.6) is 0 Å². The van der Waals surface area contributed by atoms with Crippen LogP contribution in [-0.2, 0) is 6.42 Å². The number of aryl methyl sites for hydroxylation is 1. The summed E-state index contributed by atoms with van der Waals surface area (Å²) in [6.45, 7) is 3.95. The zero-order valence-electron chi connectivity index (χ0n) is 8.65. The van der Waals surface area contributed by atoms with Gasteiger partial charge in [-0.05, 0) is 13.3 Å². The van der Waals surface area contributed by atoms with E-state index in [1.807, 2.05) is 13.8 Å². The minimum absolute atomic E-state index is 0.500. The van der Waals surface area contributed by atoms with Crippen LogP contribution >= 0.6 is 0 Å². The number of aromatic amines is 1. The number of rotatable bonds is 2. The third kappa shape index (κ3) is 1.65. The number of nitrogens with one attached hydrogen (secondary N) is 1. The second-order valence-electron chi connectivity index (χ2n) is 3.21. The van der Waals surface area contributed by atoms with Gasteiger partial charge >= 0.3 is 0 Å². The Labute approximate surface area is 86.9 Å². The molecule has 2 heterocycles. The molecule has 2 aromatic rings. The fourth-order valence-electron chi connectivity index (χ4n) is 1.35. The summed E-state index contributed by atoms with van der Waals surface area (Å²) in [5.74, 6) is 1.02. The SMILES string of the molecule is CCc1nc(-c2cn[nH]n2)nc(N)c1C. The van der Waals surface area contributed by atoms with Crippen molar-refractivity contribution in [2.75, 3.05) is 5.73 Å². The highest BCUT2D eigenvalue weighted by Crippen LogP contribution is 2.17. The normalized spacial score (nSPS) is 10.5. The third-order valence-corrected chi connectivity index (χ3v) is 2.26. The van der Waals surface area contributed by atoms with Crippen molar-refractivity contribution in [1.82, 2.24) is 25.4 Å². The number of nitrogens with two attached hydrogens (primary N) is 1. The number of H-pyrrole nitrogens is 1. The van der Waals surface area contributed by atoms with E-state index in [2.05, 4.69) is 25.4 Å². The Balaban J connectivity index is 2.55. The monoisotopic (exact) mass is 204 g/mol. The first kappa shape index (κ1) is 9.57. The molecule has 6 nitrogen and oxygen atoms in total. The standard InChI is InChI=1S/C9H12N6/c1-3-6-5(2)8(10)13-9(12-6)7-4-11-15-14-7/h4H,3H2,1-2H3,(H2,10,12,13)(H,11,14,15). The number of hydrogen-bond acceptors (Lipinski definition) is 5. The first-order valence-corrected chi connectivity index (χ1v) is 4.71. The molecule has 0 fully saturated rings. The minimum atomic E-state index is 0.500. The van der Waals surface area contributed by atoms with Gasteiger partial charge in [0.25, 0.3) is 0 Å². The lowest BCUT2D eigenvalue weighted by Crippen LogP contribution is -2.04. The van der Waals surface area contributed by atoms with Crippen LogP contribution in [0.3, 0.4) is 0 Å². The van der Waals surface area contributed by atoms with Crippen molar-refractivity contribution in [2.45, 2.75) is 20.3 Å². The molecule has 0 aliphatic rings. The van der Waals surface area contributed by atoms with E-state index >= 15 is 0 Å². The lowest BCUT2D eigenvalue weighted by atomic mass is 10.2. The lowest BCUT2D eigenvalue weighted by Gasteiger charge is -2.06. The Bertz CT molecular complexity index is 462. The molecule has 0 aliphatic heterocycles. The topological polar surface area (TPSA) is 93.4 Å². The van der Waals surface area contributed by atoms with E-state index < -0.39 is 0 Å². The molecule has 0 atom stereocenters. The number of aromatic nitrogens is 5. The van der Waals surface area contributed by atoms with Crippen molar-refractivity contribution in [3.05, 3.63) is 17.5 Å². The molecule has 2 rings (SSSR count). The molecule has 0 unspecified atom stereocenters. The Morgan fingerprint density at radius 1 is 1.40 bits per heavy atom. The van der Waals surface area contributed by atoms with Crippen LogP contribution in [0.25, 0.3) is 11.5 Å². The first-order chi connectivity index (χ1) is 7.22. The van der Waals surface area contributed by atoms with E-state index in [9.17, 15) is 0 Å². The smallest absolute Gasteiger partial charge is 0.184 e. The molecule has 6 heteroatoms. The minimum Gasteiger partial charge on any atom is -0.383 e. The van der Waals surface area contributed by atoms with Crippen molar-refractivity contribution in [3.63, 3.8) is 0 Å². The fourth-order valence-corrected chi connectivity index (χ4v) is 1.35. The van der Waals surface area contributed by atoms with Crippen molar-refractivity contribution in [1.29, 1.82) is 0 Å². The maximum absolute atomic E-state index is 5.79. The fraction of sp³-hybridized carbons (Fsp3) is 0.333. The summed E-state index contributed by atoms with van der Waals surface area (Å²) >= 11 is 0. The van der Waals surface area contributed by atoms with Gasteiger partial charge in [0.1, 0.15) is 11.5 Å². The molecule has 78 valence electrons. The van der Waals surface area contributed by atoms with E-state index in [1.54, 1.807) is 6.20 Å². The van der Waals surface area contributed by atoms with Gasteiger partial charge in [0.05, 0.1) is 6.20 Å². The van der Waals surface area contributed by atoms with Crippen LogP contribution < -0.4 is 5.73 Å².